The lowest BCUT2D eigenvalue weighted by molar-refractivity contribution is -0.124. The number of hydrogen-bond donors (Lipinski definition) is 1. The molecule has 0 aromatic rings. The number of rotatable bonds is 3. The summed E-state index contributed by atoms with van der Waals surface area (Å²) in [5.74, 6) is 0.0787. The third-order valence-electron chi connectivity index (χ3n) is 1.97. The second-order valence-corrected chi connectivity index (χ2v) is 2.78. The second kappa shape index (κ2) is 4.07. The van der Waals surface area contributed by atoms with E-state index in [0.717, 1.165) is 13.1 Å². The molecule has 1 N–H and O–H groups in total. The van der Waals surface area contributed by atoms with Crippen molar-refractivity contribution in [1.29, 1.82) is 0 Å². The Labute approximate surface area is 72.7 Å². The maximum absolute atomic E-state index is 11.0. The fourth-order valence-electron chi connectivity index (χ4n) is 1.31. The van der Waals surface area contributed by atoms with Crippen LogP contribution in [-0.4, -0.2) is 36.5 Å². The van der Waals surface area contributed by atoms with Gasteiger partial charge >= 0.3 is 0 Å². The molecule has 1 aliphatic heterocycles. The summed E-state index contributed by atoms with van der Waals surface area (Å²) in [6.07, 6.45) is 3.59. The van der Waals surface area contributed by atoms with Gasteiger partial charge in [0, 0.05) is 19.1 Å². The van der Waals surface area contributed by atoms with Crippen molar-refractivity contribution in [3.63, 3.8) is 0 Å². The van der Waals surface area contributed by atoms with E-state index in [0.29, 0.717) is 6.54 Å². The van der Waals surface area contributed by atoms with Crippen molar-refractivity contribution < 1.29 is 4.79 Å². The van der Waals surface area contributed by atoms with Crippen LogP contribution in [0.1, 0.15) is 0 Å². The van der Waals surface area contributed by atoms with Crippen LogP contribution < -0.4 is 5.32 Å². The number of carbonyl (C=O) groups is 1. The van der Waals surface area contributed by atoms with E-state index < -0.39 is 0 Å². The molecular weight excluding hydrogens is 152 g/mol. The Morgan fingerprint density at radius 1 is 1.50 bits per heavy atom. The third-order valence-corrected chi connectivity index (χ3v) is 1.97. The summed E-state index contributed by atoms with van der Waals surface area (Å²) in [7, 11) is 0. The molecule has 0 saturated carbocycles. The summed E-state index contributed by atoms with van der Waals surface area (Å²) < 4.78 is 0. The predicted molar refractivity (Wildman–Crippen MR) is 48.8 cm³/mol. The fourth-order valence-corrected chi connectivity index (χ4v) is 1.31. The quantitative estimate of drug-likeness (QED) is 0.606. The van der Waals surface area contributed by atoms with E-state index in [-0.39, 0.29) is 11.9 Å². The first-order chi connectivity index (χ1) is 5.77. The van der Waals surface area contributed by atoms with Crippen LogP contribution in [0.4, 0.5) is 0 Å². The van der Waals surface area contributed by atoms with Crippen LogP contribution in [0.2, 0.25) is 0 Å². The molecule has 1 saturated heterocycles. The van der Waals surface area contributed by atoms with E-state index in [1.807, 2.05) is 4.90 Å². The first-order valence-electron chi connectivity index (χ1n) is 4.04. The average molecular weight is 166 g/mol. The highest BCUT2D eigenvalue weighted by Gasteiger charge is 2.19. The Morgan fingerprint density at radius 3 is 2.67 bits per heavy atom. The lowest BCUT2D eigenvalue weighted by atomic mass is 10.2. The van der Waals surface area contributed by atoms with Crippen LogP contribution in [0, 0.1) is 0 Å². The van der Waals surface area contributed by atoms with Crippen LogP contribution >= 0.6 is 0 Å². The lowest BCUT2D eigenvalue weighted by Crippen LogP contribution is -2.50. The van der Waals surface area contributed by atoms with Crippen LogP contribution in [0.5, 0.6) is 0 Å². The minimum absolute atomic E-state index is 0.0787. The predicted octanol–water partition coefficient (Wildman–Crippen LogP) is 0.159. The average Bonchev–Trinajstić information content (AvgIpc) is 2.07. The molecule has 3 nitrogen and oxygen atoms in total. The Kier molecular flexibility index (Phi) is 3.05. The minimum atomic E-state index is 0.0787. The summed E-state index contributed by atoms with van der Waals surface area (Å²) in [4.78, 5) is 13.0. The van der Waals surface area contributed by atoms with Gasteiger partial charge in [0.05, 0.1) is 6.54 Å². The van der Waals surface area contributed by atoms with Gasteiger partial charge in [0.25, 0.3) is 0 Å². The van der Waals surface area contributed by atoms with E-state index in [1.54, 1.807) is 12.2 Å². The lowest BCUT2D eigenvalue weighted by Gasteiger charge is -2.30. The molecule has 3 heteroatoms. The number of hydrogen-bond acceptors (Lipinski definition) is 2. The van der Waals surface area contributed by atoms with Crippen molar-refractivity contribution in [1.82, 2.24) is 10.2 Å². The van der Waals surface area contributed by atoms with Crippen molar-refractivity contribution in [2.45, 2.75) is 6.04 Å². The molecule has 0 bridgehead atoms. The molecule has 0 aromatic heterocycles. The molecule has 0 aliphatic carbocycles. The molecule has 12 heavy (non-hydrogen) atoms. The highest BCUT2D eigenvalue weighted by Crippen LogP contribution is 2.03. The maximum atomic E-state index is 11.0. The number of nitrogens with one attached hydrogen (secondary N) is 1. The van der Waals surface area contributed by atoms with Gasteiger partial charge in [0.1, 0.15) is 0 Å². The van der Waals surface area contributed by atoms with Gasteiger partial charge in [-0.3, -0.25) is 9.69 Å². The monoisotopic (exact) mass is 166 g/mol. The largest absolute Gasteiger partial charge is 0.354 e. The van der Waals surface area contributed by atoms with Crippen LogP contribution in [-0.2, 0) is 4.79 Å². The van der Waals surface area contributed by atoms with E-state index >= 15 is 0 Å². The first-order valence-corrected chi connectivity index (χ1v) is 4.04. The van der Waals surface area contributed by atoms with Crippen molar-refractivity contribution in [3.8, 4) is 0 Å². The minimum Gasteiger partial charge on any atom is -0.354 e. The van der Waals surface area contributed by atoms with Crippen molar-refractivity contribution in [2.24, 2.45) is 0 Å². The van der Waals surface area contributed by atoms with E-state index in [2.05, 4.69) is 18.5 Å². The van der Waals surface area contributed by atoms with Gasteiger partial charge in [-0.15, -0.1) is 13.2 Å². The highest BCUT2D eigenvalue weighted by molar-refractivity contribution is 5.78. The number of amides is 1. The topological polar surface area (TPSA) is 32.3 Å². The Morgan fingerprint density at radius 2 is 2.17 bits per heavy atom. The molecule has 1 fully saturated rings. The molecule has 1 heterocycles. The molecule has 1 aliphatic rings. The molecule has 0 aromatic carbocycles. The van der Waals surface area contributed by atoms with Crippen molar-refractivity contribution in [2.75, 3.05) is 19.6 Å². The molecule has 0 spiro atoms. The second-order valence-electron chi connectivity index (χ2n) is 2.78. The highest BCUT2D eigenvalue weighted by atomic mass is 16.2. The van der Waals surface area contributed by atoms with Crippen molar-refractivity contribution in [3.05, 3.63) is 25.3 Å². The van der Waals surface area contributed by atoms with Gasteiger partial charge in [0.15, 0.2) is 0 Å². The van der Waals surface area contributed by atoms with E-state index in [9.17, 15) is 4.79 Å². The zero-order valence-corrected chi connectivity index (χ0v) is 7.12. The zero-order chi connectivity index (χ0) is 8.97. The van der Waals surface area contributed by atoms with Crippen LogP contribution in [0.3, 0.4) is 0 Å². The molecule has 0 radical (unpaired) electrons. The summed E-state index contributed by atoms with van der Waals surface area (Å²) >= 11 is 0. The van der Waals surface area contributed by atoms with Gasteiger partial charge < -0.3 is 5.32 Å². The van der Waals surface area contributed by atoms with Gasteiger partial charge in [-0.1, -0.05) is 12.2 Å². The molecule has 66 valence electrons. The van der Waals surface area contributed by atoms with Gasteiger partial charge in [-0.05, 0) is 0 Å². The first kappa shape index (κ1) is 9.00. The summed E-state index contributed by atoms with van der Waals surface area (Å²) in [6, 6.07) is 0.121. The molecule has 0 atom stereocenters. The van der Waals surface area contributed by atoms with Crippen LogP contribution in [0.25, 0.3) is 0 Å². The standard InChI is InChI=1S/C9H14N2O/c1-3-8(4-2)11-6-5-10-9(12)7-11/h3-4,8H,1-2,5-7H2,(H,10,12). The normalized spacial score (nSPS) is 18.9. The molecular formula is C9H14N2O. The fraction of sp³-hybridized carbons (Fsp3) is 0.444. The van der Waals surface area contributed by atoms with E-state index in [1.165, 1.54) is 0 Å². The summed E-state index contributed by atoms with van der Waals surface area (Å²) in [6.45, 7) is 9.41. The zero-order valence-electron chi connectivity index (χ0n) is 7.12. The van der Waals surface area contributed by atoms with E-state index in [4.69, 9.17) is 0 Å². The van der Waals surface area contributed by atoms with Gasteiger partial charge in [-0.2, -0.15) is 0 Å². The Bertz CT molecular complexity index is 193. The maximum Gasteiger partial charge on any atom is 0.234 e. The number of piperazine rings is 1. The molecule has 1 amide bonds. The van der Waals surface area contributed by atoms with Crippen LogP contribution in [0.15, 0.2) is 25.3 Å². The third kappa shape index (κ3) is 1.95. The molecule has 0 unspecified atom stereocenters. The van der Waals surface area contributed by atoms with Crippen molar-refractivity contribution >= 4 is 5.91 Å². The van der Waals surface area contributed by atoms with Gasteiger partial charge in [0.2, 0.25) is 5.91 Å². The summed E-state index contributed by atoms with van der Waals surface area (Å²) in [5.41, 5.74) is 0. The number of nitrogens with zero attached hydrogens (tertiary/aromatic N) is 1. The Balaban J connectivity index is 2.54. The summed E-state index contributed by atoms with van der Waals surface area (Å²) in [5, 5.41) is 2.77. The number of carbonyl (C=O) groups excluding carboxylic acids is 1. The smallest absolute Gasteiger partial charge is 0.234 e. The van der Waals surface area contributed by atoms with Gasteiger partial charge in [-0.25, -0.2) is 0 Å². The SMILES string of the molecule is C=CC(C=C)N1CCNC(=O)C1. The molecule has 1 rings (SSSR count). The Hall–Kier alpha value is -1.09.